The summed E-state index contributed by atoms with van der Waals surface area (Å²) < 4.78 is 34.0. The van der Waals surface area contributed by atoms with Gasteiger partial charge in [-0.3, -0.25) is 9.52 Å². The van der Waals surface area contributed by atoms with Crippen molar-refractivity contribution in [3.63, 3.8) is 0 Å². The molecule has 0 aliphatic heterocycles. The molecule has 0 aromatic heterocycles. The fourth-order valence-electron chi connectivity index (χ4n) is 3.37. The molecule has 0 atom stereocenters. The second-order valence-corrected chi connectivity index (χ2v) is 9.44. The van der Waals surface area contributed by atoms with Crippen molar-refractivity contribution in [2.75, 3.05) is 11.3 Å². The maximum absolute atomic E-state index is 12.9. The minimum atomic E-state index is -3.91. The molecule has 168 valence electrons. The summed E-state index contributed by atoms with van der Waals surface area (Å²) in [6.45, 7) is 0.397. The molecule has 1 amide bonds. The zero-order valence-electron chi connectivity index (χ0n) is 17.8. The number of anilines is 1. The number of benzene rings is 3. The second-order valence-electron chi connectivity index (χ2n) is 7.75. The number of sulfonamides is 1. The Kier molecular flexibility index (Phi) is 6.61. The van der Waals surface area contributed by atoms with Gasteiger partial charge in [-0.2, -0.15) is 5.26 Å². The second kappa shape index (κ2) is 9.76. The van der Waals surface area contributed by atoms with E-state index in [-0.39, 0.29) is 29.0 Å². The summed E-state index contributed by atoms with van der Waals surface area (Å²) in [7, 11) is -3.91. The zero-order chi connectivity index (χ0) is 23.3. The molecular weight excluding hydrogens is 438 g/mol. The molecule has 1 fully saturated rings. The molecule has 0 unspecified atom stereocenters. The Balaban J connectivity index is 1.43. The van der Waals surface area contributed by atoms with Crippen molar-refractivity contribution < 1.29 is 17.9 Å². The Morgan fingerprint density at radius 3 is 2.42 bits per heavy atom. The van der Waals surface area contributed by atoms with Gasteiger partial charge in [0.25, 0.3) is 15.9 Å². The zero-order valence-corrected chi connectivity index (χ0v) is 18.7. The summed E-state index contributed by atoms with van der Waals surface area (Å²) in [5.41, 5.74) is 1.65. The molecule has 33 heavy (non-hydrogen) atoms. The number of nitrogens with one attached hydrogen (secondary N) is 1. The Morgan fingerprint density at radius 2 is 1.76 bits per heavy atom. The maximum Gasteiger partial charge on any atom is 0.261 e. The summed E-state index contributed by atoms with van der Waals surface area (Å²) in [6.07, 6.45) is 1.72. The monoisotopic (exact) mass is 461 g/mol. The van der Waals surface area contributed by atoms with Crippen LogP contribution in [0.2, 0.25) is 0 Å². The third kappa shape index (κ3) is 5.70. The number of nitriles is 1. The van der Waals surface area contributed by atoms with E-state index in [1.54, 1.807) is 30.3 Å². The highest BCUT2D eigenvalue weighted by Crippen LogP contribution is 2.28. The first-order valence-corrected chi connectivity index (χ1v) is 12.0. The van der Waals surface area contributed by atoms with E-state index in [0.29, 0.717) is 18.0 Å². The Labute approximate surface area is 193 Å². The summed E-state index contributed by atoms with van der Waals surface area (Å²) >= 11 is 0. The van der Waals surface area contributed by atoms with Crippen LogP contribution in [0.25, 0.3) is 0 Å². The van der Waals surface area contributed by atoms with Gasteiger partial charge in [0.05, 0.1) is 11.0 Å². The molecule has 0 bridgehead atoms. The van der Waals surface area contributed by atoms with Crippen molar-refractivity contribution >= 4 is 21.6 Å². The first-order chi connectivity index (χ1) is 16.0. The normalized spacial score (nSPS) is 13.1. The molecule has 0 saturated heterocycles. The van der Waals surface area contributed by atoms with Crippen LogP contribution >= 0.6 is 0 Å². The number of amides is 1. The van der Waals surface area contributed by atoms with E-state index < -0.39 is 10.0 Å². The molecule has 0 spiro atoms. The topological polar surface area (TPSA) is 99.5 Å². The van der Waals surface area contributed by atoms with Crippen molar-refractivity contribution in [1.82, 2.24) is 4.90 Å². The largest absolute Gasteiger partial charge is 0.489 e. The molecule has 1 saturated carbocycles. The summed E-state index contributed by atoms with van der Waals surface area (Å²) in [5.74, 6) is 0.281. The minimum absolute atomic E-state index is 0.0164. The SMILES string of the molecule is N#CCN(C(=O)c1cccc(S(=O)(=O)Nc2ccc(OCc3ccccc3)cc2)c1)C1CC1. The lowest BCUT2D eigenvalue weighted by Gasteiger charge is -2.19. The fraction of sp³-hybridized carbons (Fsp3) is 0.200. The Morgan fingerprint density at radius 1 is 1.03 bits per heavy atom. The molecule has 7 nitrogen and oxygen atoms in total. The average Bonchev–Trinajstić information content (AvgIpc) is 3.67. The quantitative estimate of drug-likeness (QED) is 0.482. The lowest BCUT2D eigenvalue weighted by molar-refractivity contribution is 0.0764. The summed E-state index contributed by atoms with van der Waals surface area (Å²) in [6, 6.07) is 24.3. The number of nitrogens with zero attached hydrogens (tertiary/aromatic N) is 2. The van der Waals surface area contributed by atoms with Crippen molar-refractivity contribution in [3.8, 4) is 11.8 Å². The number of rotatable bonds is 9. The van der Waals surface area contributed by atoms with Gasteiger partial charge in [-0.1, -0.05) is 36.4 Å². The van der Waals surface area contributed by atoms with Gasteiger partial charge in [0.1, 0.15) is 18.9 Å². The highest BCUT2D eigenvalue weighted by atomic mass is 32.2. The van der Waals surface area contributed by atoms with Crippen LogP contribution in [0.1, 0.15) is 28.8 Å². The molecule has 3 aromatic rings. The highest BCUT2D eigenvalue weighted by Gasteiger charge is 2.33. The predicted molar refractivity (Wildman–Crippen MR) is 124 cm³/mol. The molecule has 1 aliphatic carbocycles. The van der Waals surface area contributed by atoms with Crippen molar-refractivity contribution in [2.45, 2.75) is 30.4 Å². The first kappa shape index (κ1) is 22.4. The van der Waals surface area contributed by atoms with E-state index in [0.717, 1.165) is 18.4 Å². The number of carbonyl (C=O) groups excluding carboxylic acids is 1. The number of carbonyl (C=O) groups is 1. The lowest BCUT2D eigenvalue weighted by atomic mass is 10.2. The molecule has 0 radical (unpaired) electrons. The third-order valence-corrected chi connectivity index (χ3v) is 6.61. The molecular formula is C25H23N3O4S. The van der Waals surface area contributed by atoms with E-state index >= 15 is 0 Å². The van der Waals surface area contributed by atoms with Gasteiger partial charge in [0.2, 0.25) is 0 Å². The van der Waals surface area contributed by atoms with Crippen LogP contribution in [0, 0.1) is 11.3 Å². The average molecular weight is 462 g/mol. The molecule has 4 rings (SSSR count). The fourth-order valence-corrected chi connectivity index (χ4v) is 4.47. The van der Waals surface area contributed by atoms with E-state index in [2.05, 4.69) is 4.72 Å². The van der Waals surface area contributed by atoms with Gasteiger partial charge in [-0.05, 0) is 60.9 Å². The predicted octanol–water partition coefficient (Wildman–Crippen LogP) is 4.19. The number of hydrogen-bond donors (Lipinski definition) is 1. The first-order valence-electron chi connectivity index (χ1n) is 10.5. The Bertz CT molecular complexity index is 1270. The van der Waals surface area contributed by atoms with Crippen LogP contribution in [0.15, 0.2) is 83.8 Å². The summed E-state index contributed by atoms with van der Waals surface area (Å²) in [4.78, 5) is 14.3. The van der Waals surface area contributed by atoms with Gasteiger partial charge in [-0.15, -0.1) is 0 Å². The number of hydrogen-bond acceptors (Lipinski definition) is 5. The molecule has 8 heteroatoms. The summed E-state index contributed by atoms with van der Waals surface area (Å²) in [5, 5.41) is 9.01. The molecule has 0 heterocycles. The highest BCUT2D eigenvalue weighted by molar-refractivity contribution is 7.92. The van der Waals surface area contributed by atoms with Crippen LogP contribution in [-0.4, -0.2) is 31.8 Å². The van der Waals surface area contributed by atoms with E-state index in [1.165, 1.54) is 23.1 Å². The van der Waals surface area contributed by atoms with Crippen LogP contribution in [0.5, 0.6) is 5.75 Å². The Hall–Kier alpha value is -3.83. The number of ether oxygens (including phenoxy) is 1. The van der Waals surface area contributed by atoms with Crippen LogP contribution in [-0.2, 0) is 16.6 Å². The van der Waals surface area contributed by atoms with Crippen molar-refractivity contribution in [1.29, 1.82) is 5.26 Å². The molecule has 1 N–H and O–H groups in total. The minimum Gasteiger partial charge on any atom is -0.489 e. The molecule has 3 aromatic carbocycles. The van der Waals surface area contributed by atoms with Crippen molar-refractivity contribution in [2.24, 2.45) is 0 Å². The van der Waals surface area contributed by atoms with Gasteiger partial charge in [-0.25, -0.2) is 8.42 Å². The molecule has 1 aliphatic rings. The van der Waals surface area contributed by atoms with E-state index in [9.17, 15) is 13.2 Å². The van der Waals surface area contributed by atoms with Crippen LogP contribution < -0.4 is 9.46 Å². The van der Waals surface area contributed by atoms with Gasteiger partial charge < -0.3 is 9.64 Å². The lowest BCUT2D eigenvalue weighted by Crippen LogP contribution is -2.33. The van der Waals surface area contributed by atoms with Crippen LogP contribution in [0.4, 0.5) is 5.69 Å². The maximum atomic E-state index is 12.9. The van der Waals surface area contributed by atoms with E-state index in [1.807, 2.05) is 36.4 Å². The van der Waals surface area contributed by atoms with Crippen molar-refractivity contribution in [3.05, 3.63) is 90.0 Å². The third-order valence-electron chi connectivity index (χ3n) is 5.24. The van der Waals surface area contributed by atoms with Gasteiger partial charge in [0.15, 0.2) is 0 Å². The standard InChI is InChI=1S/C25H23N3O4S/c26-15-16-28(22-11-12-22)25(29)20-7-4-8-24(17-20)33(30,31)27-21-9-13-23(14-10-21)32-18-19-5-2-1-3-6-19/h1-10,13-14,17,22,27H,11-12,16,18H2. The smallest absolute Gasteiger partial charge is 0.261 e. The van der Waals surface area contributed by atoms with Gasteiger partial charge in [0, 0.05) is 17.3 Å². The van der Waals surface area contributed by atoms with Gasteiger partial charge >= 0.3 is 0 Å². The van der Waals surface area contributed by atoms with Crippen LogP contribution in [0.3, 0.4) is 0 Å². The van der Waals surface area contributed by atoms with E-state index in [4.69, 9.17) is 10.00 Å².